The fourth-order valence-corrected chi connectivity index (χ4v) is 1.52. The first-order valence-electron chi connectivity index (χ1n) is 6.02. The van der Waals surface area contributed by atoms with E-state index in [0.29, 0.717) is 18.4 Å². The van der Waals surface area contributed by atoms with E-state index in [0.717, 1.165) is 0 Å². The van der Waals surface area contributed by atoms with Gasteiger partial charge < -0.3 is 0 Å². The van der Waals surface area contributed by atoms with Crippen molar-refractivity contribution in [1.82, 2.24) is 0 Å². The average Bonchev–Trinajstić information content (AvgIpc) is 2.37. The third kappa shape index (κ3) is 4.55. The van der Waals surface area contributed by atoms with Crippen LogP contribution in [-0.4, -0.2) is 11.6 Å². The molecule has 0 saturated carbocycles. The lowest BCUT2D eigenvalue weighted by atomic mass is 9.87. The molecule has 2 nitrogen and oxygen atoms in total. The zero-order valence-electron chi connectivity index (χ0n) is 10.9. The maximum Gasteiger partial charge on any atom is 0.170 e. The molecule has 0 aliphatic heterocycles. The largest absolute Gasteiger partial charge is 0.299 e. The molecule has 0 N–H and O–H groups in total. The van der Waals surface area contributed by atoms with Crippen molar-refractivity contribution in [3.8, 4) is 12.3 Å². The Morgan fingerprint density at radius 2 is 1.83 bits per heavy atom. The van der Waals surface area contributed by atoms with Crippen molar-refractivity contribution in [1.29, 1.82) is 0 Å². The Morgan fingerprint density at radius 3 is 2.39 bits per heavy atom. The summed E-state index contributed by atoms with van der Waals surface area (Å²) in [5.41, 5.74) is 0.299. The molecular formula is C16H18O2. The fraction of sp³-hybridized carbons (Fsp3) is 0.375. The van der Waals surface area contributed by atoms with Crippen molar-refractivity contribution in [2.24, 2.45) is 5.41 Å². The molecule has 0 aliphatic carbocycles. The number of hydrogen-bond acceptors (Lipinski definition) is 2. The standard InChI is InChI=1S/C16H18O2/c1-4-16(2,3)11-10-14(17)12-15(18)13-8-6-5-7-9-13/h1,5-9H,10-12H2,2-3H3. The highest BCUT2D eigenvalue weighted by Gasteiger charge is 2.17. The Hall–Kier alpha value is -1.88. The Bertz CT molecular complexity index is 464. The topological polar surface area (TPSA) is 34.1 Å². The Balaban J connectivity index is 2.47. The molecule has 0 aliphatic rings. The Morgan fingerprint density at radius 1 is 1.22 bits per heavy atom. The third-order valence-corrected chi connectivity index (χ3v) is 2.87. The highest BCUT2D eigenvalue weighted by atomic mass is 16.1. The van der Waals surface area contributed by atoms with Crippen LogP contribution in [0, 0.1) is 17.8 Å². The van der Waals surface area contributed by atoms with Gasteiger partial charge >= 0.3 is 0 Å². The first kappa shape index (κ1) is 14.2. The van der Waals surface area contributed by atoms with E-state index in [-0.39, 0.29) is 23.4 Å². The number of rotatable bonds is 6. The van der Waals surface area contributed by atoms with Crippen LogP contribution in [0.1, 0.15) is 43.5 Å². The summed E-state index contributed by atoms with van der Waals surface area (Å²) in [5, 5.41) is 0. The van der Waals surface area contributed by atoms with Crippen LogP contribution < -0.4 is 0 Å². The number of terminal acetylenes is 1. The van der Waals surface area contributed by atoms with Gasteiger partial charge in [-0.3, -0.25) is 9.59 Å². The molecule has 2 heteroatoms. The summed E-state index contributed by atoms with van der Waals surface area (Å²) in [6, 6.07) is 8.87. The molecule has 0 bridgehead atoms. The van der Waals surface area contributed by atoms with E-state index >= 15 is 0 Å². The number of carbonyl (C=O) groups excluding carboxylic acids is 2. The predicted molar refractivity (Wildman–Crippen MR) is 72.2 cm³/mol. The van der Waals surface area contributed by atoms with Crippen molar-refractivity contribution >= 4 is 11.6 Å². The van der Waals surface area contributed by atoms with E-state index in [1.54, 1.807) is 24.3 Å². The van der Waals surface area contributed by atoms with Crippen LogP contribution in [0.2, 0.25) is 0 Å². The van der Waals surface area contributed by atoms with E-state index in [2.05, 4.69) is 5.92 Å². The minimum absolute atomic E-state index is 0.0370. The van der Waals surface area contributed by atoms with E-state index in [9.17, 15) is 9.59 Å². The van der Waals surface area contributed by atoms with Gasteiger partial charge in [0, 0.05) is 17.4 Å². The predicted octanol–water partition coefficient (Wildman–Crippen LogP) is 3.27. The third-order valence-electron chi connectivity index (χ3n) is 2.87. The van der Waals surface area contributed by atoms with Gasteiger partial charge in [0.05, 0.1) is 6.42 Å². The maximum absolute atomic E-state index is 11.8. The molecule has 1 aromatic carbocycles. The molecule has 0 saturated heterocycles. The van der Waals surface area contributed by atoms with E-state index in [1.165, 1.54) is 0 Å². The molecule has 18 heavy (non-hydrogen) atoms. The molecule has 0 amide bonds. The van der Waals surface area contributed by atoms with E-state index in [4.69, 9.17) is 6.42 Å². The van der Waals surface area contributed by atoms with Gasteiger partial charge in [-0.1, -0.05) is 30.3 Å². The number of ketones is 2. The van der Waals surface area contributed by atoms with Crippen molar-refractivity contribution in [2.75, 3.05) is 0 Å². The van der Waals surface area contributed by atoms with Gasteiger partial charge in [-0.15, -0.1) is 12.3 Å². The molecular weight excluding hydrogens is 224 g/mol. The Labute approximate surface area is 108 Å². The molecule has 0 atom stereocenters. The van der Waals surface area contributed by atoms with Gasteiger partial charge in [0.2, 0.25) is 0 Å². The summed E-state index contributed by atoms with van der Waals surface area (Å²) in [6.45, 7) is 3.83. The van der Waals surface area contributed by atoms with Gasteiger partial charge in [-0.2, -0.15) is 0 Å². The van der Waals surface area contributed by atoms with E-state index in [1.807, 2.05) is 19.9 Å². The number of carbonyl (C=O) groups is 2. The van der Waals surface area contributed by atoms with Crippen molar-refractivity contribution in [3.05, 3.63) is 35.9 Å². The quantitative estimate of drug-likeness (QED) is 0.436. The second-order valence-electron chi connectivity index (χ2n) is 5.03. The van der Waals surface area contributed by atoms with Crippen LogP contribution in [0.25, 0.3) is 0 Å². The van der Waals surface area contributed by atoms with Gasteiger partial charge in [0.15, 0.2) is 5.78 Å². The summed E-state index contributed by atoms with van der Waals surface area (Å²) in [7, 11) is 0. The van der Waals surface area contributed by atoms with Crippen LogP contribution in [0.5, 0.6) is 0 Å². The van der Waals surface area contributed by atoms with Crippen LogP contribution in [0.4, 0.5) is 0 Å². The van der Waals surface area contributed by atoms with Crippen molar-refractivity contribution < 1.29 is 9.59 Å². The second kappa shape index (κ2) is 6.16. The summed E-state index contributed by atoms with van der Waals surface area (Å²) in [4.78, 5) is 23.5. The normalized spacial score (nSPS) is 10.7. The lowest BCUT2D eigenvalue weighted by Gasteiger charge is -2.15. The number of Topliss-reactive ketones (excluding diaryl/α,β-unsaturated/α-hetero) is 2. The molecule has 0 fully saturated rings. The minimum atomic E-state index is -0.286. The second-order valence-corrected chi connectivity index (χ2v) is 5.03. The smallest absolute Gasteiger partial charge is 0.170 e. The lowest BCUT2D eigenvalue weighted by Crippen LogP contribution is -2.13. The Kier molecular flexibility index (Phi) is 4.85. The highest BCUT2D eigenvalue weighted by Crippen LogP contribution is 2.21. The maximum atomic E-state index is 11.8. The van der Waals surface area contributed by atoms with Crippen LogP contribution in [0.15, 0.2) is 30.3 Å². The summed E-state index contributed by atoms with van der Waals surface area (Å²) < 4.78 is 0. The average molecular weight is 242 g/mol. The van der Waals surface area contributed by atoms with Gasteiger partial charge in [0.25, 0.3) is 0 Å². The summed E-state index contributed by atoms with van der Waals surface area (Å²) in [5.74, 6) is 2.47. The summed E-state index contributed by atoms with van der Waals surface area (Å²) >= 11 is 0. The summed E-state index contributed by atoms with van der Waals surface area (Å²) in [6.07, 6.45) is 6.29. The number of hydrogen-bond donors (Lipinski definition) is 0. The molecule has 0 heterocycles. The minimum Gasteiger partial charge on any atom is -0.299 e. The van der Waals surface area contributed by atoms with Crippen molar-refractivity contribution in [3.63, 3.8) is 0 Å². The lowest BCUT2D eigenvalue weighted by molar-refractivity contribution is -0.118. The monoisotopic (exact) mass is 242 g/mol. The molecule has 0 radical (unpaired) electrons. The molecule has 1 aromatic rings. The molecule has 0 aromatic heterocycles. The van der Waals surface area contributed by atoms with E-state index < -0.39 is 0 Å². The zero-order valence-corrected chi connectivity index (χ0v) is 10.9. The van der Waals surface area contributed by atoms with Crippen molar-refractivity contribution in [2.45, 2.75) is 33.1 Å². The fourth-order valence-electron chi connectivity index (χ4n) is 1.52. The molecule has 0 unspecified atom stereocenters. The van der Waals surface area contributed by atoms with Crippen LogP contribution in [0.3, 0.4) is 0 Å². The van der Waals surface area contributed by atoms with Gasteiger partial charge in [0.1, 0.15) is 5.78 Å². The molecule has 0 spiro atoms. The molecule has 1 rings (SSSR count). The first-order valence-corrected chi connectivity index (χ1v) is 6.02. The molecule has 94 valence electrons. The SMILES string of the molecule is C#CC(C)(C)CCC(=O)CC(=O)c1ccccc1. The zero-order chi connectivity index (χ0) is 13.6. The van der Waals surface area contributed by atoms with Crippen LogP contribution >= 0.6 is 0 Å². The van der Waals surface area contributed by atoms with Crippen LogP contribution in [-0.2, 0) is 4.79 Å². The van der Waals surface area contributed by atoms with Gasteiger partial charge in [-0.05, 0) is 20.3 Å². The highest BCUT2D eigenvalue weighted by molar-refractivity contribution is 6.07. The first-order chi connectivity index (χ1) is 8.44. The van der Waals surface area contributed by atoms with Gasteiger partial charge in [-0.25, -0.2) is 0 Å². The number of benzene rings is 1.